The van der Waals surface area contributed by atoms with Crippen LogP contribution in [0.4, 0.5) is 0 Å². The summed E-state index contributed by atoms with van der Waals surface area (Å²) in [5.41, 5.74) is 1.49. The number of rotatable bonds is 2. The van der Waals surface area contributed by atoms with Crippen LogP contribution in [0.2, 0.25) is 0 Å². The molecule has 3 aliphatic rings. The molecule has 0 aliphatic carbocycles. The third kappa shape index (κ3) is 1.98. The zero-order chi connectivity index (χ0) is 13.5. The molecule has 0 unspecified atom stereocenters. The Hall–Kier alpha value is -1.88. The van der Waals surface area contributed by atoms with Gasteiger partial charge in [-0.1, -0.05) is 0 Å². The van der Waals surface area contributed by atoms with E-state index in [0.29, 0.717) is 11.6 Å². The van der Waals surface area contributed by atoms with Crippen molar-refractivity contribution in [3.63, 3.8) is 0 Å². The van der Waals surface area contributed by atoms with Gasteiger partial charge in [-0.05, 0) is 44.0 Å². The summed E-state index contributed by atoms with van der Waals surface area (Å²) in [7, 11) is 0. The Morgan fingerprint density at radius 3 is 2.95 bits per heavy atom. The lowest BCUT2D eigenvalue weighted by molar-refractivity contribution is 0.0617. The van der Waals surface area contributed by atoms with Gasteiger partial charge < -0.3 is 14.6 Å². The highest BCUT2D eigenvalue weighted by Crippen LogP contribution is 2.27. The van der Waals surface area contributed by atoms with Crippen molar-refractivity contribution in [2.24, 2.45) is 5.92 Å². The molecule has 0 aromatic carbocycles. The van der Waals surface area contributed by atoms with Gasteiger partial charge in [-0.25, -0.2) is 4.98 Å². The molecule has 5 nitrogen and oxygen atoms in total. The van der Waals surface area contributed by atoms with Crippen molar-refractivity contribution < 1.29 is 4.79 Å². The zero-order valence-corrected chi connectivity index (χ0v) is 11.3. The summed E-state index contributed by atoms with van der Waals surface area (Å²) in [6, 6.07) is 4.21. The van der Waals surface area contributed by atoms with Crippen LogP contribution >= 0.6 is 0 Å². The molecule has 1 N–H and O–H groups in total. The quantitative estimate of drug-likeness (QED) is 0.891. The lowest BCUT2D eigenvalue weighted by Gasteiger charge is -2.44. The molecule has 1 amide bonds. The standard InChI is InChI=1S/C15H18N4O/c20-15(14-10-19-5-1-2-12(19)8-16-14)17-13-9-18-6-3-11(13)4-7-18/h1-2,5,8,10-11,13H,3-4,6-7,9H2,(H,17,20)/t13-/m0/s1. The number of nitrogens with zero attached hydrogens (tertiary/aromatic N) is 3. The van der Waals surface area contributed by atoms with Gasteiger partial charge in [0.05, 0.1) is 11.7 Å². The van der Waals surface area contributed by atoms with E-state index in [2.05, 4.69) is 15.2 Å². The molecule has 5 heteroatoms. The molecule has 0 radical (unpaired) electrons. The van der Waals surface area contributed by atoms with Crippen LogP contribution < -0.4 is 5.32 Å². The fourth-order valence-electron chi connectivity index (χ4n) is 3.42. The van der Waals surface area contributed by atoms with Gasteiger partial charge in [0.1, 0.15) is 5.69 Å². The van der Waals surface area contributed by atoms with Crippen LogP contribution in [0.5, 0.6) is 0 Å². The molecule has 3 aliphatic heterocycles. The van der Waals surface area contributed by atoms with E-state index in [1.807, 2.05) is 22.7 Å². The van der Waals surface area contributed by atoms with Crippen molar-refractivity contribution in [2.45, 2.75) is 18.9 Å². The summed E-state index contributed by atoms with van der Waals surface area (Å²) < 4.78 is 1.93. The minimum atomic E-state index is -0.0562. The van der Waals surface area contributed by atoms with Crippen molar-refractivity contribution in [3.05, 3.63) is 36.4 Å². The van der Waals surface area contributed by atoms with Gasteiger partial charge in [-0.2, -0.15) is 0 Å². The van der Waals surface area contributed by atoms with Crippen LogP contribution in [0.15, 0.2) is 30.7 Å². The van der Waals surface area contributed by atoms with Crippen molar-refractivity contribution in [1.82, 2.24) is 19.6 Å². The second-order valence-electron chi connectivity index (χ2n) is 5.83. The SMILES string of the molecule is O=C(N[C@H]1CN2CCC1CC2)c1cn2cccc2cn1. The fourth-order valence-corrected chi connectivity index (χ4v) is 3.42. The maximum absolute atomic E-state index is 12.3. The Bertz CT molecular complexity index is 642. The number of carbonyl (C=O) groups is 1. The normalized spacial score (nSPS) is 28.7. The second kappa shape index (κ2) is 4.59. The lowest BCUT2D eigenvalue weighted by atomic mass is 9.84. The van der Waals surface area contributed by atoms with Gasteiger partial charge in [-0.3, -0.25) is 4.79 Å². The van der Waals surface area contributed by atoms with E-state index in [4.69, 9.17) is 0 Å². The average Bonchev–Trinajstić information content (AvgIpc) is 2.96. The van der Waals surface area contributed by atoms with Crippen molar-refractivity contribution in [3.8, 4) is 0 Å². The highest BCUT2D eigenvalue weighted by molar-refractivity contribution is 5.92. The Morgan fingerprint density at radius 1 is 1.35 bits per heavy atom. The third-order valence-corrected chi connectivity index (χ3v) is 4.61. The first-order chi connectivity index (χ1) is 9.79. The predicted molar refractivity (Wildman–Crippen MR) is 75.6 cm³/mol. The summed E-state index contributed by atoms with van der Waals surface area (Å²) in [5, 5.41) is 3.17. The Morgan fingerprint density at radius 2 is 2.20 bits per heavy atom. The van der Waals surface area contributed by atoms with E-state index in [0.717, 1.165) is 12.1 Å². The molecular formula is C15H18N4O. The molecule has 0 spiro atoms. The smallest absolute Gasteiger partial charge is 0.271 e. The lowest BCUT2D eigenvalue weighted by Crippen LogP contribution is -2.57. The van der Waals surface area contributed by atoms with Gasteiger partial charge in [0.15, 0.2) is 0 Å². The maximum Gasteiger partial charge on any atom is 0.271 e. The van der Waals surface area contributed by atoms with Gasteiger partial charge in [0, 0.05) is 25.0 Å². The molecule has 3 fully saturated rings. The topological polar surface area (TPSA) is 49.6 Å². The highest BCUT2D eigenvalue weighted by atomic mass is 16.2. The molecule has 2 aromatic rings. The van der Waals surface area contributed by atoms with Crippen LogP contribution in [0.25, 0.3) is 5.52 Å². The minimum absolute atomic E-state index is 0.0562. The summed E-state index contributed by atoms with van der Waals surface area (Å²) in [4.78, 5) is 19.0. The van der Waals surface area contributed by atoms with Crippen molar-refractivity contribution in [2.75, 3.05) is 19.6 Å². The Balaban J connectivity index is 1.52. The monoisotopic (exact) mass is 270 g/mol. The molecule has 20 heavy (non-hydrogen) atoms. The fraction of sp³-hybridized carbons (Fsp3) is 0.467. The van der Waals surface area contributed by atoms with E-state index in [1.54, 1.807) is 12.4 Å². The second-order valence-corrected chi connectivity index (χ2v) is 5.83. The highest BCUT2D eigenvalue weighted by Gasteiger charge is 2.35. The molecular weight excluding hydrogens is 252 g/mol. The number of hydrogen-bond acceptors (Lipinski definition) is 3. The molecule has 104 valence electrons. The largest absolute Gasteiger partial charge is 0.346 e. The number of nitrogens with one attached hydrogen (secondary N) is 1. The first kappa shape index (κ1) is 11.9. The zero-order valence-electron chi connectivity index (χ0n) is 11.3. The average molecular weight is 270 g/mol. The van der Waals surface area contributed by atoms with E-state index < -0.39 is 0 Å². The first-order valence-corrected chi connectivity index (χ1v) is 7.25. The van der Waals surface area contributed by atoms with Crippen LogP contribution in [-0.4, -0.2) is 45.9 Å². The number of aromatic nitrogens is 2. The molecule has 2 aromatic heterocycles. The molecule has 5 heterocycles. The van der Waals surface area contributed by atoms with Gasteiger partial charge >= 0.3 is 0 Å². The summed E-state index contributed by atoms with van der Waals surface area (Å²) in [6.07, 6.45) is 7.88. The third-order valence-electron chi connectivity index (χ3n) is 4.61. The Labute approximate surface area is 117 Å². The van der Waals surface area contributed by atoms with Crippen LogP contribution in [0.3, 0.4) is 0 Å². The number of piperidine rings is 3. The molecule has 1 atom stereocenters. The van der Waals surface area contributed by atoms with E-state index in [1.165, 1.54) is 25.9 Å². The number of amides is 1. The minimum Gasteiger partial charge on any atom is -0.346 e. The summed E-state index contributed by atoms with van der Waals surface area (Å²) >= 11 is 0. The summed E-state index contributed by atoms with van der Waals surface area (Å²) in [6.45, 7) is 3.36. The number of hydrogen-bond donors (Lipinski definition) is 1. The van der Waals surface area contributed by atoms with Crippen molar-refractivity contribution >= 4 is 11.4 Å². The van der Waals surface area contributed by atoms with Gasteiger partial charge in [0.2, 0.25) is 0 Å². The van der Waals surface area contributed by atoms with Crippen molar-refractivity contribution in [1.29, 1.82) is 0 Å². The van der Waals surface area contributed by atoms with E-state index >= 15 is 0 Å². The van der Waals surface area contributed by atoms with Crippen LogP contribution in [-0.2, 0) is 0 Å². The molecule has 0 saturated carbocycles. The Kier molecular flexibility index (Phi) is 2.73. The summed E-state index contributed by atoms with van der Waals surface area (Å²) in [5.74, 6) is 0.582. The molecule has 3 saturated heterocycles. The predicted octanol–water partition coefficient (Wildman–Crippen LogP) is 1.16. The van der Waals surface area contributed by atoms with E-state index in [9.17, 15) is 4.79 Å². The first-order valence-electron chi connectivity index (χ1n) is 7.25. The number of fused-ring (bicyclic) bond motifs is 4. The number of carbonyl (C=O) groups excluding carboxylic acids is 1. The molecule has 2 bridgehead atoms. The van der Waals surface area contributed by atoms with E-state index in [-0.39, 0.29) is 11.9 Å². The van der Waals surface area contributed by atoms with Crippen LogP contribution in [0.1, 0.15) is 23.3 Å². The van der Waals surface area contributed by atoms with Gasteiger partial charge in [-0.15, -0.1) is 0 Å². The maximum atomic E-state index is 12.3. The molecule has 5 rings (SSSR count). The van der Waals surface area contributed by atoms with Gasteiger partial charge in [0.25, 0.3) is 5.91 Å². The van der Waals surface area contributed by atoms with Crippen LogP contribution in [0, 0.1) is 5.92 Å².